The van der Waals surface area contributed by atoms with Crippen molar-refractivity contribution in [3.8, 4) is 5.75 Å². The van der Waals surface area contributed by atoms with Crippen molar-refractivity contribution in [2.75, 3.05) is 6.54 Å². The fourth-order valence-electron chi connectivity index (χ4n) is 1.59. The smallest absolute Gasteiger partial charge is 0.254 e. The van der Waals surface area contributed by atoms with E-state index in [9.17, 15) is 9.90 Å². The number of benzene rings is 1. The van der Waals surface area contributed by atoms with E-state index in [4.69, 9.17) is 0 Å². The highest BCUT2D eigenvalue weighted by Gasteiger charge is 2.26. The Kier molecular flexibility index (Phi) is 4.57. The van der Waals surface area contributed by atoms with Gasteiger partial charge in [-0.2, -0.15) is 0 Å². The molecule has 1 rings (SSSR count). The largest absolute Gasteiger partial charge is 0.507 e. The van der Waals surface area contributed by atoms with Crippen LogP contribution in [0.1, 0.15) is 31.1 Å². The van der Waals surface area contributed by atoms with Crippen molar-refractivity contribution in [2.45, 2.75) is 26.3 Å². The maximum Gasteiger partial charge on any atom is 0.254 e. The van der Waals surface area contributed by atoms with Crippen LogP contribution in [0.5, 0.6) is 5.75 Å². The molecule has 0 saturated carbocycles. The molecule has 0 unspecified atom stereocenters. The fourth-order valence-corrected chi connectivity index (χ4v) is 1.84. The van der Waals surface area contributed by atoms with Gasteiger partial charge in [0.25, 0.3) is 5.91 Å². The van der Waals surface area contributed by atoms with Crippen LogP contribution in [-0.2, 0) is 0 Å². The van der Waals surface area contributed by atoms with Crippen molar-refractivity contribution < 1.29 is 9.90 Å². The summed E-state index contributed by atoms with van der Waals surface area (Å²) < 4.78 is 0.574. The Bertz CT molecular complexity index is 463. The maximum atomic E-state index is 12.4. The zero-order chi connectivity index (χ0) is 13.9. The molecule has 0 aromatic heterocycles. The number of halogens is 1. The van der Waals surface area contributed by atoms with Gasteiger partial charge in [-0.05, 0) is 54.9 Å². The van der Waals surface area contributed by atoms with Crippen LogP contribution in [0, 0.1) is 0 Å². The molecule has 0 bridgehead atoms. The molecule has 0 atom stereocenters. The molecule has 1 amide bonds. The van der Waals surface area contributed by atoms with Gasteiger partial charge in [-0.15, -0.1) is 6.58 Å². The lowest BCUT2D eigenvalue weighted by molar-refractivity contribution is 0.0616. The highest BCUT2D eigenvalue weighted by molar-refractivity contribution is 9.10. The van der Waals surface area contributed by atoms with E-state index in [2.05, 4.69) is 22.5 Å². The molecule has 0 aliphatic rings. The van der Waals surface area contributed by atoms with E-state index in [1.54, 1.807) is 23.1 Å². The van der Waals surface area contributed by atoms with E-state index in [0.29, 0.717) is 16.6 Å². The van der Waals surface area contributed by atoms with Crippen LogP contribution in [0.2, 0.25) is 0 Å². The van der Waals surface area contributed by atoms with Crippen molar-refractivity contribution >= 4 is 21.8 Å². The van der Waals surface area contributed by atoms with Gasteiger partial charge < -0.3 is 10.0 Å². The minimum Gasteiger partial charge on any atom is -0.507 e. The molecule has 98 valence electrons. The molecule has 1 N–H and O–H groups in total. The van der Waals surface area contributed by atoms with Crippen LogP contribution in [0.4, 0.5) is 0 Å². The summed E-state index contributed by atoms with van der Waals surface area (Å²) in [6.45, 7) is 10.0. The maximum absolute atomic E-state index is 12.4. The summed E-state index contributed by atoms with van der Waals surface area (Å²) >= 11 is 3.19. The summed E-state index contributed by atoms with van der Waals surface area (Å²) in [6.07, 6.45) is 1.70. The van der Waals surface area contributed by atoms with Crippen molar-refractivity contribution in [3.05, 3.63) is 40.9 Å². The molecular formula is C14H18BrNO2. The number of hydrogen-bond acceptors (Lipinski definition) is 2. The Balaban J connectivity index is 3.09. The molecule has 0 aliphatic carbocycles. The molecule has 0 radical (unpaired) electrons. The van der Waals surface area contributed by atoms with Crippen molar-refractivity contribution in [3.63, 3.8) is 0 Å². The van der Waals surface area contributed by atoms with Gasteiger partial charge in [0.1, 0.15) is 5.75 Å². The summed E-state index contributed by atoms with van der Waals surface area (Å²) in [5.41, 5.74) is 0.168. The molecule has 0 spiro atoms. The molecule has 3 nitrogen and oxygen atoms in total. The molecule has 0 fully saturated rings. The van der Waals surface area contributed by atoms with Crippen LogP contribution < -0.4 is 0 Å². The first-order valence-corrected chi connectivity index (χ1v) is 6.48. The van der Waals surface area contributed by atoms with Gasteiger partial charge >= 0.3 is 0 Å². The number of aromatic hydroxyl groups is 1. The van der Waals surface area contributed by atoms with E-state index in [-0.39, 0.29) is 17.2 Å². The molecule has 1 aromatic rings. The second-order valence-corrected chi connectivity index (χ2v) is 5.90. The normalized spacial score (nSPS) is 11.1. The Hall–Kier alpha value is -1.29. The van der Waals surface area contributed by atoms with E-state index < -0.39 is 0 Å². The van der Waals surface area contributed by atoms with Crippen LogP contribution in [0.3, 0.4) is 0 Å². The Morgan fingerprint density at radius 1 is 1.50 bits per heavy atom. The van der Waals surface area contributed by atoms with Crippen LogP contribution in [0.25, 0.3) is 0 Å². The summed E-state index contributed by atoms with van der Waals surface area (Å²) in [5.74, 6) is -0.0569. The SMILES string of the molecule is C=CCN(C(=O)c1ccc(Br)c(O)c1)C(C)(C)C. The number of phenols is 1. The quantitative estimate of drug-likeness (QED) is 0.867. The zero-order valence-corrected chi connectivity index (χ0v) is 12.5. The molecule has 18 heavy (non-hydrogen) atoms. The Labute approximate surface area is 116 Å². The standard InChI is InChI=1S/C14H18BrNO2/c1-5-8-16(14(2,3)4)13(18)10-6-7-11(15)12(17)9-10/h5-7,9,17H,1,8H2,2-4H3. The van der Waals surface area contributed by atoms with Gasteiger partial charge in [-0.3, -0.25) is 4.79 Å². The zero-order valence-electron chi connectivity index (χ0n) is 10.9. The first kappa shape index (κ1) is 14.8. The molecule has 0 aliphatic heterocycles. The van der Waals surface area contributed by atoms with Crippen LogP contribution in [0.15, 0.2) is 35.3 Å². The topological polar surface area (TPSA) is 40.5 Å². The van der Waals surface area contributed by atoms with Gasteiger partial charge in [0.05, 0.1) is 4.47 Å². The Morgan fingerprint density at radius 2 is 2.11 bits per heavy atom. The molecular weight excluding hydrogens is 294 g/mol. The minimum absolute atomic E-state index is 0.0633. The number of hydrogen-bond donors (Lipinski definition) is 1. The third-order valence-electron chi connectivity index (χ3n) is 2.56. The number of carbonyl (C=O) groups excluding carboxylic acids is 1. The minimum atomic E-state index is -0.298. The van der Waals surface area contributed by atoms with Crippen molar-refractivity contribution in [2.24, 2.45) is 0 Å². The van der Waals surface area contributed by atoms with E-state index in [1.165, 1.54) is 6.07 Å². The third kappa shape index (κ3) is 3.35. The van der Waals surface area contributed by atoms with Gasteiger partial charge in [0.2, 0.25) is 0 Å². The number of carbonyl (C=O) groups is 1. The lowest BCUT2D eigenvalue weighted by Crippen LogP contribution is -2.45. The predicted molar refractivity (Wildman–Crippen MR) is 76.8 cm³/mol. The number of rotatable bonds is 3. The highest BCUT2D eigenvalue weighted by atomic mass is 79.9. The first-order chi connectivity index (χ1) is 8.27. The van der Waals surface area contributed by atoms with Crippen LogP contribution >= 0.6 is 15.9 Å². The molecule has 0 heterocycles. The summed E-state index contributed by atoms with van der Waals surface area (Å²) in [5, 5.41) is 9.63. The molecule has 4 heteroatoms. The van der Waals surface area contributed by atoms with E-state index in [1.807, 2.05) is 20.8 Å². The molecule has 1 aromatic carbocycles. The average molecular weight is 312 g/mol. The summed E-state index contributed by atoms with van der Waals surface area (Å²) in [6, 6.07) is 4.82. The average Bonchev–Trinajstić information content (AvgIpc) is 2.27. The van der Waals surface area contributed by atoms with Gasteiger partial charge in [-0.25, -0.2) is 0 Å². The van der Waals surface area contributed by atoms with Gasteiger partial charge in [-0.1, -0.05) is 6.08 Å². The summed E-state index contributed by atoms with van der Waals surface area (Å²) in [7, 11) is 0. The van der Waals surface area contributed by atoms with E-state index in [0.717, 1.165) is 0 Å². The number of nitrogens with zero attached hydrogens (tertiary/aromatic N) is 1. The fraction of sp³-hybridized carbons (Fsp3) is 0.357. The lowest BCUT2D eigenvalue weighted by atomic mass is 10.0. The summed E-state index contributed by atoms with van der Waals surface area (Å²) in [4.78, 5) is 14.1. The van der Waals surface area contributed by atoms with Crippen LogP contribution in [-0.4, -0.2) is 28.0 Å². The van der Waals surface area contributed by atoms with Gasteiger partial charge in [0.15, 0.2) is 0 Å². The highest BCUT2D eigenvalue weighted by Crippen LogP contribution is 2.26. The van der Waals surface area contributed by atoms with E-state index >= 15 is 0 Å². The van der Waals surface area contributed by atoms with Crippen molar-refractivity contribution in [1.29, 1.82) is 0 Å². The molecule has 0 saturated heterocycles. The first-order valence-electron chi connectivity index (χ1n) is 5.68. The Morgan fingerprint density at radius 3 is 2.56 bits per heavy atom. The monoisotopic (exact) mass is 311 g/mol. The lowest BCUT2D eigenvalue weighted by Gasteiger charge is -2.35. The van der Waals surface area contributed by atoms with Gasteiger partial charge in [0, 0.05) is 17.6 Å². The predicted octanol–water partition coefficient (Wildman–Crippen LogP) is 3.58. The second kappa shape index (κ2) is 5.57. The van der Waals surface area contributed by atoms with Crippen molar-refractivity contribution in [1.82, 2.24) is 4.90 Å². The second-order valence-electron chi connectivity index (χ2n) is 5.04. The number of phenolic OH excluding ortho intramolecular Hbond substituents is 1. The third-order valence-corrected chi connectivity index (χ3v) is 3.23. The number of amides is 1.